The Balaban J connectivity index is 1.84. The third-order valence-electron chi connectivity index (χ3n) is 4.09. The maximum atomic E-state index is 12.7. The number of nitrogens with one attached hydrogen (secondary N) is 2. The van der Waals surface area contributed by atoms with Crippen molar-refractivity contribution in [1.29, 1.82) is 0 Å². The van der Waals surface area contributed by atoms with Gasteiger partial charge in [-0.1, -0.05) is 19.9 Å². The summed E-state index contributed by atoms with van der Waals surface area (Å²) in [5.41, 5.74) is 1.53. The predicted molar refractivity (Wildman–Crippen MR) is 100 cm³/mol. The molecule has 0 saturated carbocycles. The van der Waals surface area contributed by atoms with Crippen LogP contribution in [0, 0.1) is 5.92 Å². The van der Waals surface area contributed by atoms with E-state index in [0.29, 0.717) is 28.5 Å². The average Bonchev–Trinajstić information content (AvgIpc) is 3.30. The van der Waals surface area contributed by atoms with E-state index in [1.165, 1.54) is 0 Å². The van der Waals surface area contributed by atoms with Crippen LogP contribution in [0.4, 0.5) is 5.69 Å². The molecule has 7 nitrogen and oxygen atoms in total. The lowest BCUT2D eigenvalue weighted by Crippen LogP contribution is -2.32. The Morgan fingerprint density at radius 3 is 2.88 bits per heavy atom. The number of ether oxygens (including phenoxy) is 1. The molecule has 1 saturated heterocycles. The van der Waals surface area contributed by atoms with Crippen LogP contribution < -0.4 is 10.6 Å². The van der Waals surface area contributed by atoms with Gasteiger partial charge in [-0.15, -0.1) is 0 Å². The minimum absolute atomic E-state index is 0.0517. The summed E-state index contributed by atoms with van der Waals surface area (Å²) in [4.78, 5) is 29.5. The Bertz CT molecular complexity index is 770. The molecule has 0 bridgehead atoms. The van der Waals surface area contributed by atoms with Crippen molar-refractivity contribution in [2.75, 3.05) is 18.5 Å². The highest BCUT2D eigenvalue weighted by molar-refractivity contribution is 7.09. The van der Waals surface area contributed by atoms with E-state index in [9.17, 15) is 9.59 Å². The molecule has 3 heterocycles. The molecule has 0 radical (unpaired) electrons. The zero-order chi connectivity index (χ0) is 18.5. The number of anilines is 1. The minimum atomic E-state index is -0.265. The molecule has 1 atom stereocenters. The lowest BCUT2D eigenvalue weighted by molar-refractivity contribution is -0.118. The van der Waals surface area contributed by atoms with Crippen LogP contribution in [0.2, 0.25) is 0 Å². The fraction of sp³-hybridized carbons (Fsp3) is 0.444. The van der Waals surface area contributed by atoms with Crippen LogP contribution in [0.1, 0.15) is 36.4 Å². The third-order valence-corrected chi connectivity index (χ3v) is 4.94. The molecule has 3 rings (SSSR count). The van der Waals surface area contributed by atoms with Gasteiger partial charge in [-0.05, 0) is 36.5 Å². The van der Waals surface area contributed by atoms with Gasteiger partial charge in [0, 0.05) is 25.3 Å². The van der Waals surface area contributed by atoms with E-state index in [4.69, 9.17) is 4.74 Å². The summed E-state index contributed by atoms with van der Waals surface area (Å²) in [6.07, 6.45) is 3.66. The summed E-state index contributed by atoms with van der Waals surface area (Å²) in [6, 6.07) is 5.44. The Kier molecular flexibility index (Phi) is 5.95. The first-order chi connectivity index (χ1) is 12.6. The Hall–Kier alpha value is -2.32. The third kappa shape index (κ3) is 4.25. The van der Waals surface area contributed by atoms with Crippen LogP contribution >= 0.6 is 11.5 Å². The SMILES string of the molecule is CC(C)C(=O)Nc1c(-c2ccccn2)nsc1C(=O)NCC1CCCO1. The Labute approximate surface area is 156 Å². The zero-order valence-corrected chi connectivity index (χ0v) is 15.6. The predicted octanol–water partition coefficient (Wildman–Crippen LogP) is 2.71. The van der Waals surface area contributed by atoms with Gasteiger partial charge in [0.15, 0.2) is 0 Å². The number of carbonyl (C=O) groups excluding carboxylic acids is 2. The van der Waals surface area contributed by atoms with E-state index < -0.39 is 0 Å². The second-order valence-corrected chi connectivity index (χ2v) is 7.21. The second-order valence-electron chi connectivity index (χ2n) is 6.44. The van der Waals surface area contributed by atoms with Crippen molar-refractivity contribution in [1.82, 2.24) is 14.7 Å². The fourth-order valence-electron chi connectivity index (χ4n) is 2.60. The van der Waals surface area contributed by atoms with E-state index in [1.54, 1.807) is 32.2 Å². The molecule has 2 N–H and O–H groups in total. The zero-order valence-electron chi connectivity index (χ0n) is 14.8. The highest BCUT2D eigenvalue weighted by atomic mass is 32.1. The first-order valence-electron chi connectivity index (χ1n) is 8.68. The number of carbonyl (C=O) groups is 2. The van der Waals surface area contributed by atoms with Gasteiger partial charge in [-0.2, -0.15) is 4.37 Å². The quantitative estimate of drug-likeness (QED) is 0.811. The van der Waals surface area contributed by atoms with Gasteiger partial charge < -0.3 is 15.4 Å². The van der Waals surface area contributed by atoms with E-state index in [-0.39, 0.29) is 23.8 Å². The number of nitrogens with zero attached hydrogens (tertiary/aromatic N) is 2. The van der Waals surface area contributed by atoms with Gasteiger partial charge in [0.1, 0.15) is 10.6 Å². The van der Waals surface area contributed by atoms with Crippen LogP contribution in [0.15, 0.2) is 24.4 Å². The Morgan fingerprint density at radius 1 is 1.38 bits per heavy atom. The molecule has 138 valence electrons. The minimum Gasteiger partial charge on any atom is -0.376 e. The monoisotopic (exact) mass is 374 g/mol. The summed E-state index contributed by atoms with van der Waals surface area (Å²) >= 11 is 1.06. The van der Waals surface area contributed by atoms with Crippen molar-refractivity contribution >= 4 is 29.0 Å². The van der Waals surface area contributed by atoms with Gasteiger partial charge in [0.05, 0.1) is 17.5 Å². The summed E-state index contributed by atoms with van der Waals surface area (Å²) < 4.78 is 9.91. The molecule has 1 unspecified atom stereocenters. The second kappa shape index (κ2) is 8.37. The number of amides is 2. The van der Waals surface area contributed by atoms with E-state index >= 15 is 0 Å². The molecule has 2 aromatic heterocycles. The molecule has 26 heavy (non-hydrogen) atoms. The molecule has 1 fully saturated rings. The molecule has 1 aliphatic heterocycles. The summed E-state index contributed by atoms with van der Waals surface area (Å²) in [7, 11) is 0. The van der Waals surface area contributed by atoms with Crippen LogP contribution in [0.3, 0.4) is 0 Å². The number of pyridine rings is 1. The first-order valence-corrected chi connectivity index (χ1v) is 9.45. The maximum Gasteiger partial charge on any atom is 0.265 e. The fourth-order valence-corrected chi connectivity index (χ4v) is 3.36. The Morgan fingerprint density at radius 2 is 2.23 bits per heavy atom. The van der Waals surface area contributed by atoms with Crippen molar-refractivity contribution in [3.8, 4) is 11.4 Å². The average molecular weight is 374 g/mol. The van der Waals surface area contributed by atoms with Crippen LogP contribution in [-0.2, 0) is 9.53 Å². The van der Waals surface area contributed by atoms with Crippen LogP contribution in [0.25, 0.3) is 11.4 Å². The largest absolute Gasteiger partial charge is 0.376 e. The van der Waals surface area contributed by atoms with E-state index in [0.717, 1.165) is 31.0 Å². The molecule has 0 aromatic carbocycles. The highest BCUT2D eigenvalue weighted by Gasteiger charge is 2.25. The molecule has 0 aliphatic carbocycles. The first kappa shape index (κ1) is 18.5. The summed E-state index contributed by atoms with van der Waals surface area (Å²) in [6.45, 7) is 4.79. The van der Waals surface area contributed by atoms with Gasteiger partial charge in [0.2, 0.25) is 5.91 Å². The molecular weight excluding hydrogens is 352 g/mol. The van der Waals surface area contributed by atoms with Crippen LogP contribution in [0.5, 0.6) is 0 Å². The highest BCUT2D eigenvalue weighted by Crippen LogP contribution is 2.32. The van der Waals surface area contributed by atoms with Crippen molar-refractivity contribution in [3.05, 3.63) is 29.3 Å². The van der Waals surface area contributed by atoms with E-state index in [1.807, 2.05) is 6.07 Å². The number of rotatable bonds is 6. The van der Waals surface area contributed by atoms with Crippen LogP contribution in [-0.4, -0.2) is 40.4 Å². The van der Waals surface area contributed by atoms with Crippen molar-refractivity contribution in [2.24, 2.45) is 5.92 Å². The van der Waals surface area contributed by atoms with Gasteiger partial charge in [-0.25, -0.2) is 0 Å². The molecule has 2 aromatic rings. The van der Waals surface area contributed by atoms with Crippen molar-refractivity contribution in [2.45, 2.75) is 32.8 Å². The topological polar surface area (TPSA) is 93.2 Å². The molecule has 0 spiro atoms. The normalized spacial score (nSPS) is 16.7. The van der Waals surface area contributed by atoms with Crippen molar-refractivity contribution in [3.63, 3.8) is 0 Å². The lowest BCUT2D eigenvalue weighted by atomic mass is 10.1. The number of hydrogen-bond donors (Lipinski definition) is 2. The van der Waals surface area contributed by atoms with E-state index in [2.05, 4.69) is 20.0 Å². The molecular formula is C18H22N4O3S. The molecule has 2 amide bonds. The summed E-state index contributed by atoms with van der Waals surface area (Å²) in [5, 5.41) is 5.73. The van der Waals surface area contributed by atoms with Gasteiger partial charge >= 0.3 is 0 Å². The molecule has 8 heteroatoms. The summed E-state index contributed by atoms with van der Waals surface area (Å²) in [5.74, 6) is -0.649. The number of hydrogen-bond acceptors (Lipinski definition) is 6. The van der Waals surface area contributed by atoms with Gasteiger partial charge in [0.25, 0.3) is 5.91 Å². The molecule has 1 aliphatic rings. The maximum absolute atomic E-state index is 12.7. The smallest absolute Gasteiger partial charge is 0.265 e. The van der Waals surface area contributed by atoms with Gasteiger partial charge in [-0.3, -0.25) is 14.6 Å². The number of aromatic nitrogens is 2. The lowest BCUT2D eigenvalue weighted by Gasteiger charge is -2.12. The van der Waals surface area contributed by atoms with Crippen molar-refractivity contribution < 1.29 is 14.3 Å². The standard InChI is InChI=1S/C18H22N4O3S/c1-11(2)17(23)21-15-14(13-7-3-4-8-19-13)22-26-16(15)18(24)20-10-12-6-5-9-25-12/h3-4,7-8,11-12H,5-6,9-10H2,1-2H3,(H,20,24)(H,21,23).